The fourth-order valence-corrected chi connectivity index (χ4v) is 2.41. The zero-order valence-corrected chi connectivity index (χ0v) is 12.7. The van der Waals surface area contributed by atoms with Crippen molar-refractivity contribution in [3.63, 3.8) is 0 Å². The summed E-state index contributed by atoms with van der Waals surface area (Å²) >= 11 is 8.37. The van der Waals surface area contributed by atoms with Gasteiger partial charge in [0.2, 0.25) is 5.88 Å². The van der Waals surface area contributed by atoms with E-state index >= 15 is 0 Å². The highest BCUT2D eigenvalue weighted by Gasteiger charge is 2.02. The van der Waals surface area contributed by atoms with E-state index in [-0.39, 0.29) is 0 Å². The lowest BCUT2D eigenvalue weighted by molar-refractivity contribution is 0.396. The second kappa shape index (κ2) is 6.24. The number of halogens is 2. The molecule has 2 aromatic rings. The number of hydrogen-bond donors (Lipinski definition) is 1. The summed E-state index contributed by atoms with van der Waals surface area (Å²) in [5, 5.41) is 3.97. The van der Waals surface area contributed by atoms with Gasteiger partial charge in [-0.25, -0.2) is 4.98 Å². The molecule has 2 rings (SSSR count). The number of benzene rings is 1. The highest BCUT2D eigenvalue weighted by atomic mass is 127. The van der Waals surface area contributed by atoms with Crippen molar-refractivity contribution in [2.45, 2.75) is 6.54 Å². The van der Waals surface area contributed by atoms with E-state index in [2.05, 4.69) is 32.9 Å². The molecule has 0 saturated heterocycles. The molecule has 0 radical (unpaired) electrons. The van der Waals surface area contributed by atoms with E-state index in [0.717, 1.165) is 15.0 Å². The molecule has 0 atom stereocenters. The minimum absolute atomic E-state index is 0.609. The normalized spacial score (nSPS) is 10.2. The summed E-state index contributed by atoms with van der Waals surface area (Å²) in [6, 6.07) is 11.6. The van der Waals surface area contributed by atoms with E-state index in [1.165, 1.54) is 0 Å². The van der Waals surface area contributed by atoms with E-state index < -0.39 is 0 Å². The predicted molar refractivity (Wildman–Crippen MR) is 82.3 cm³/mol. The van der Waals surface area contributed by atoms with Gasteiger partial charge in [0.25, 0.3) is 0 Å². The first-order valence-electron chi connectivity index (χ1n) is 5.38. The van der Waals surface area contributed by atoms with Gasteiger partial charge in [0.15, 0.2) is 0 Å². The maximum atomic E-state index is 6.14. The molecule has 0 aliphatic heterocycles. The molecule has 0 fully saturated rings. The van der Waals surface area contributed by atoms with Crippen LogP contribution in [0.2, 0.25) is 5.02 Å². The molecular formula is C13H12ClIN2O. The van der Waals surface area contributed by atoms with Crippen LogP contribution >= 0.6 is 34.2 Å². The first-order valence-corrected chi connectivity index (χ1v) is 6.83. The van der Waals surface area contributed by atoms with Gasteiger partial charge in [0.1, 0.15) is 0 Å². The molecule has 0 bridgehead atoms. The molecule has 5 heteroatoms. The van der Waals surface area contributed by atoms with Crippen molar-refractivity contribution >= 4 is 39.9 Å². The van der Waals surface area contributed by atoms with Gasteiger partial charge in [-0.2, -0.15) is 0 Å². The molecule has 1 heterocycles. The predicted octanol–water partition coefficient (Wildman–Crippen LogP) is 3.96. The van der Waals surface area contributed by atoms with Crippen LogP contribution in [-0.2, 0) is 6.54 Å². The smallest absolute Gasteiger partial charge is 0.213 e. The van der Waals surface area contributed by atoms with Gasteiger partial charge in [-0.05, 0) is 46.9 Å². The summed E-state index contributed by atoms with van der Waals surface area (Å²) in [4.78, 5) is 4.32. The number of methoxy groups -OCH3 is 1. The van der Waals surface area contributed by atoms with Crippen molar-refractivity contribution in [1.29, 1.82) is 0 Å². The molecular weight excluding hydrogens is 363 g/mol. The lowest BCUT2D eigenvalue weighted by Crippen LogP contribution is -2.02. The SMILES string of the molecule is COc1cccc(CNc2ccc(I)cc2Cl)n1. The van der Waals surface area contributed by atoms with Crippen molar-refractivity contribution in [3.8, 4) is 5.88 Å². The molecule has 1 N–H and O–H groups in total. The molecule has 3 nitrogen and oxygen atoms in total. The number of ether oxygens (including phenoxy) is 1. The van der Waals surface area contributed by atoms with Crippen LogP contribution in [0.4, 0.5) is 5.69 Å². The van der Waals surface area contributed by atoms with Gasteiger partial charge >= 0.3 is 0 Å². The van der Waals surface area contributed by atoms with E-state index in [9.17, 15) is 0 Å². The van der Waals surface area contributed by atoms with Gasteiger partial charge in [-0.15, -0.1) is 0 Å². The topological polar surface area (TPSA) is 34.1 Å². The van der Waals surface area contributed by atoms with Gasteiger partial charge < -0.3 is 10.1 Å². The van der Waals surface area contributed by atoms with Gasteiger partial charge in [-0.3, -0.25) is 0 Å². The second-order valence-electron chi connectivity index (χ2n) is 3.65. The quantitative estimate of drug-likeness (QED) is 0.823. The molecule has 0 saturated carbocycles. The molecule has 18 heavy (non-hydrogen) atoms. The largest absolute Gasteiger partial charge is 0.481 e. The number of anilines is 1. The summed E-state index contributed by atoms with van der Waals surface area (Å²) in [6.45, 7) is 0.609. The Morgan fingerprint density at radius 1 is 1.33 bits per heavy atom. The number of hydrogen-bond acceptors (Lipinski definition) is 3. The Labute approximate surface area is 125 Å². The first-order chi connectivity index (χ1) is 8.69. The Balaban J connectivity index is 2.06. The lowest BCUT2D eigenvalue weighted by Gasteiger charge is -2.09. The van der Waals surface area contributed by atoms with Crippen molar-refractivity contribution in [1.82, 2.24) is 4.98 Å². The third-order valence-electron chi connectivity index (χ3n) is 2.38. The van der Waals surface area contributed by atoms with E-state index in [4.69, 9.17) is 16.3 Å². The Bertz CT molecular complexity index is 548. The Kier molecular flexibility index (Phi) is 4.66. The van der Waals surface area contributed by atoms with E-state index in [0.29, 0.717) is 17.4 Å². The highest BCUT2D eigenvalue weighted by molar-refractivity contribution is 14.1. The fraction of sp³-hybridized carbons (Fsp3) is 0.154. The maximum absolute atomic E-state index is 6.14. The van der Waals surface area contributed by atoms with Crippen LogP contribution in [0, 0.1) is 3.57 Å². The monoisotopic (exact) mass is 374 g/mol. The molecule has 0 aliphatic rings. The van der Waals surface area contributed by atoms with Crippen LogP contribution in [0.25, 0.3) is 0 Å². The number of rotatable bonds is 4. The maximum Gasteiger partial charge on any atom is 0.213 e. The van der Waals surface area contributed by atoms with Crippen LogP contribution in [0.3, 0.4) is 0 Å². The summed E-state index contributed by atoms with van der Waals surface area (Å²) in [6.07, 6.45) is 0. The second-order valence-corrected chi connectivity index (χ2v) is 5.30. The molecule has 0 spiro atoms. The van der Waals surface area contributed by atoms with E-state index in [1.54, 1.807) is 7.11 Å². The molecule has 1 aromatic heterocycles. The highest BCUT2D eigenvalue weighted by Crippen LogP contribution is 2.24. The van der Waals surface area contributed by atoms with Crippen molar-refractivity contribution in [3.05, 3.63) is 50.7 Å². The molecule has 0 aliphatic carbocycles. The van der Waals surface area contributed by atoms with Crippen molar-refractivity contribution in [2.75, 3.05) is 12.4 Å². The zero-order valence-electron chi connectivity index (χ0n) is 9.78. The van der Waals surface area contributed by atoms with Crippen LogP contribution in [-0.4, -0.2) is 12.1 Å². The average Bonchev–Trinajstić information content (AvgIpc) is 2.38. The Morgan fingerprint density at radius 2 is 2.17 bits per heavy atom. The Morgan fingerprint density at radius 3 is 2.89 bits per heavy atom. The standard InChI is InChI=1S/C13H12ClIN2O/c1-18-13-4-2-3-10(17-13)8-16-12-6-5-9(15)7-11(12)14/h2-7,16H,8H2,1H3. The van der Waals surface area contributed by atoms with Gasteiger partial charge in [-0.1, -0.05) is 17.7 Å². The lowest BCUT2D eigenvalue weighted by atomic mass is 10.3. The zero-order chi connectivity index (χ0) is 13.0. The van der Waals surface area contributed by atoms with Crippen LogP contribution in [0.15, 0.2) is 36.4 Å². The third-order valence-corrected chi connectivity index (χ3v) is 3.37. The summed E-state index contributed by atoms with van der Waals surface area (Å²) in [5.41, 5.74) is 1.81. The molecule has 0 amide bonds. The molecule has 94 valence electrons. The number of nitrogens with zero attached hydrogens (tertiary/aromatic N) is 1. The van der Waals surface area contributed by atoms with Crippen molar-refractivity contribution < 1.29 is 4.74 Å². The summed E-state index contributed by atoms with van der Waals surface area (Å²) in [7, 11) is 1.61. The minimum Gasteiger partial charge on any atom is -0.481 e. The van der Waals surface area contributed by atoms with Gasteiger partial charge in [0, 0.05) is 9.64 Å². The Hall–Kier alpha value is -1.01. The van der Waals surface area contributed by atoms with Gasteiger partial charge in [0.05, 0.1) is 30.1 Å². The number of pyridine rings is 1. The van der Waals surface area contributed by atoms with Crippen molar-refractivity contribution in [2.24, 2.45) is 0 Å². The van der Waals surface area contributed by atoms with Crippen LogP contribution < -0.4 is 10.1 Å². The number of nitrogens with one attached hydrogen (secondary N) is 1. The molecule has 1 aromatic carbocycles. The molecule has 0 unspecified atom stereocenters. The average molecular weight is 375 g/mol. The number of aromatic nitrogens is 1. The third kappa shape index (κ3) is 3.49. The van der Waals surface area contributed by atoms with Crippen LogP contribution in [0.5, 0.6) is 5.88 Å². The minimum atomic E-state index is 0.609. The fourth-order valence-electron chi connectivity index (χ4n) is 1.49. The van der Waals surface area contributed by atoms with E-state index in [1.807, 2.05) is 36.4 Å². The van der Waals surface area contributed by atoms with Crippen LogP contribution in [0.1, 0.15) is 5.69 Å². The summed E-state index contributed by atoms with van der Waals surface area (Å²) < 4.78 is 6.19. The summed E-state index contributed by atoms with van der Waals surface area (Å²) in [5.74, 6) is 0.614. The first kappa shape index (κ1) is 13.4.